The van der Waals surface area contributed by atoms with Gasteiger partial charge in [-0.25, -0.2) is 0 Å². The van der Waals surface area contributed by atoms with E-state index in [4.69, 9.17) is 0 Å². The molecule has 58 heavy (non-hydrogen) atoms. The summed E-state index contributed by atoms with van der Waals surface area (Å²) in [5.74, 6) is 0. The molecule has 0 saturated heterocycles. The first-order chi connectivity index (χ1) is 28.8. The van der Waals surface area contributed by atoms with Crippen molar-refractivity contribution >= 4 is 98.9 Å². The molecule has 1 atom stereocenters. The van der Waals surface area contributed by atoms with Gasteiger partial charge in [-0.2, -0.15) is 0 Å². The van der Waals surface area contributed by atoms with Gasteiger partial charge >= 0.3 is 0 Å². The van der Waals surface area contributed by atoms with E-state index in [0.29, 0.717) is 0 Å². The normalized spacial score (nSPS) is 15.8. The van der Waals surface area contributed by atoms with Crippen LogP contribution in [-0.4, -0.2) is 14.8 Å². The first kappa shape index (κ1) is 31.9. The van der Waals surface area contributed by atoms with E-state index in [0.717, 1.165) is 19.3 Å². The Morgan fingerprint density at radius 3 is 1.66 bits per heavy atom. The van der Waals surface area contributed by atoms with Gasteiger partial charge in [0.2, 0.25) is 0 Å². The number of para-hydroxylation sites is 4. The van der Waals surface area contributed by atoms with Gasteiger partial charge in [-0.05, 0) is 86.0 Å². The van der Waals surface area contributed by atoms with Crippen molar-refractivity contribution in [3.05, 3.63) is 194 Å². The lowest BCUT2D eigenvalue weighted by atomic mass is 10.0. The fraction of sp³-hybridized carbons (Fsp3) is 0.0741. The largest absolute Gasteiger partial charge is 0.334 e. The number of hydrogen-bond acceptors (Lipinski definition) is 2. The highest BCUT2D eigenvalue weighted by Gasteiger charge is 2.29. The van der Waals surface area contributed by atoms with E-state index in [1.807, 2.05) is 0 Å². The second-order valence-electron chi connectivity index (χ2n) is 15.9. The minimum absolute atomic E-state index is 0.213. The van der Waals surface area contributed by atoms with Crippen LogP contribution in [0.25, 0.3) is 76.2 Å². The Morgan fingerprint density at radius 1 is 0.466 bits per heavy atom. The van der Waals surface area contributed by atoms with Crippen molar-refractivity contribution in [2.75, 3.05) is 9.80 Å². The minimum atomic E-state index is 0.213. The molecule has 4 aromatic heterocycles. The molecule has 0 saturated carbocycles. The third kappa shape index (κ3) is 4.29. The minimum Gasteiger partial charge on any atom is -0.334 e. The van der Waals surface area contributed by atoms with Crippen LogP contribution in [0.15, 0.2) is 194 Å². The maximum Gasteiger partial charge on any atom is 0.0641 e. The van der Waals surface area contributed by atoms with Gasteiger partial charge in [-0.1, -0.05) is 121 Å². The zero-order valence-electron chi connectivity index (χ0n) is 31.9. The molecule has 4 nitrogen and oxygen atoms in total. The van der Waals surface area contributed by atoms with E-state index in [-0.39, 0.29) is 6.04 Å². The standard InChI is InChI=1S/C54H38N4/c1-5-17-35(18-6-1)55(36-19-7-2-8-20-36)47-31-29-39-43-33-50-44(34-49(43)57-45-27-15-13-25-41(45)51(47)53(39)57)40-30-32-48(52-42-26-14-16-28-46(42)58(50)54(40)52)56(37-21-9-3-10-22-37)38-23-11-4-12-24-38/h1-3,5-11,13-19,21-34,36H,4,12,20H2. The van der Waals surface area contributed by atoms with Crippen LogP contribution in [-0.2, 0) is 0 Å². The number of nitrogens with zero attached hydrogens (tertiary/aromatic N) is 4. The molecule has 1 unspecified atom stereocenters. The van der Waals surface area contributed by atoms with Crippen molar-refractivity contribution in [2.24, 2.45) is 0 Å². The molecule has 0 aliphatic heterocycles. The molecule has 11 aromatic rings. The van der Waals surface area contributed by atoms with E-state index in [1.165, 1.54) is 105 Å². The molecule has 0 radical (unpaired) electrons. The summed E-state index contributed by atoms with van der Waals surface area (Å²) in [6.07, 6.45) is 19.1. The van der Waals surface area contributed by atoms with E-state index in [2.05, 4.69) is 207 Å². The average Bonchev–Trinajstić information content (AvgIpc) is 4.02. The molecule has 0 N–H and O–H groups in total. The summed E-state index contributed by atoms with van der Waals surface area (Å²) >= 11 is 0. The van der Waals surface area contributed by atoms with Gasteiger partial charge in [0, 0.05) is 60.2 Å². The first-order valence-electron chi connectivity index (χ1n) is 20.5. The predicted molar refractivity (Wildman–Crippen MR) is 246 cm³/mol. The molecule has 274 valence electrons. The molecule has 0 bridgehead atoms. The highest BCUT2D eigenvalue weighted by molar-refractivity contribution is 6.32. The van der Waals surface area contributed by atoms with Gasteiger partial charge < -0.3 is 18.6 Å². The van der Waals surface area contributed by atoms with Crippen molar-refractivity contribution in [2.45, 2.75) is 25.3 Å². The molecule has 0 spiro atoms. The van der Waals surface area contributed by atoms with Crippen LogP contribution in [0.2, 0.25) is 0 Å². The summed E-state index contributed by atoms with van der Waals surface area (Å²) in [6, 6.07) is 54.4. The maximum atomic E-state index is 2.55. The van der Waals surface area contributed by atoms with Gasteiger partial charge in [-0.15, -0.1) is 0 Å². The lowest BCUT2D eigenvalue weighted by molar-refractivity contribution is 0.787. The van der Waals surface area contributed by atoms with E-state index in [1.54, 1.807) is 0 Å². The monoisotopic (exact) mass is 742 g/mol. The average molecular weight is 743 g/mol. The smallest absolute Gasteiger partial charge is 0.0641 e. The van der Waals surface area contributed by atoms with Gasteiger partial charge in [0.15, 0.2) is 0 Å². The van der Waals surface area contributed by atoms with Gasteiger partial charge in [-0.3, -0.25) is 0 Å². The number of anilines is 4. The Kier molecular flexibility index (Phi) is 6.65. The topological polar surface area (TPSA) is 15.3 Å². The molecule has 7 aromatic carbocycles. The van der Waals surface area contributed by atoms with Crippen molar-refractivity contribution in [3.8, 4) is 0 Å². The number of fused-ring (bicyclic) bond motifs is 12. The van der Waals surface area contributed by atoms with Crippen molar-refractivity contribution < 1.29 is 0 Å². The van der Waals surface area contributed by atoms with Crippen LogP contribution >= 0.6 is 0 Å². The van der Waals surface area contributed by atoms with E-state index < -0.39 is 0 Å². The van der Waals surface area contributed by atoms with Crippen LogP contribution in [0.1, 0.15) is 19.3 Å². The van der Waals surface area contributed by atoms with Crippen LogP contribution < -0.4 is 9.80 Å². The van der Waals surface area contributed by atoms with Crippen molar-refractivity contribution in [3.63, 3.8) is 0 Å². The summed E-state index contributed by atoms with van der Waals surface area (Å²) in [4.78, 5) is 5.01. The molecule has 0 fully saturated rings. The van der Waals surface area contributed by atoms with Crippen LogP contribution in [0.3, 0.4) is 0 Å². The quantitative estimate of drug-likeness (QED) is 0.169. The molecule has 4 heterocycles. The molecule has 2 aliphatic rings. The lowest BCUT2D eigenvalue weighted by Crippen LogP contribution is -2.29. The zero-order chi connectivity index (χ0) is 37.9. The Morgan fingerprint density at radius 2 is 1.05 bits per heavy atom. The highest BCUT2D eigenvalue weighted by Crippen LogP contribution is 2.50. The lowest BCUT2D eigenvalue weighted by Gasteiger charge is -2.33. The number of benzene rings is 7. The predicted octanol–water partition coefficient (Wildman–Crippen LogP) is 14.4. The number of aromatic nitrogens is 2. The molecule has 0 amide bonds. The molecular weight excluding hydrogens is 705 g/mol. The van der Waals surface area contributed by atoms with Crippen molar-refractivity contribution in [1.29, 1.82) is 0 Å². The molecular formula is C54H38N4. The van der Waals surface area contributed by atoms with Crippen molar-refractivity contribution in [1.82, 2.24) is 8.80 Å². The fourth-order valence-corrected chi connectivity index (χ4v) is 10.5. The fourth-order valence-electron chi connectivity index (χ4n) is 10.5. The Hall–Kier alpha value is -7.30. The SMILES string of the molecule is C1=CCC(N(c2ccccc2)c2ccc3c4cc5c(cc4n4c6ccccc6c2c34)c2ccc(N(C3=CCCC=C3)c3ccccc3)c3c4ccccc4n5c23)C=C1. The number of allylic oxidation sites excluding steroid dienone is 5. The second kappa shape index (κ2) is 12.1. The Bertz CT molecular complexity index is 3540. The molecule has 2 aliphatic carbocycles. The third-order valence-corrected chi connectivity index (χ3v) is 12.8. The van der Waals surface area contributed by atoms with E-state index >= 15 is 0 Å². The maximum absolute atomic E-state index is 2.55. The van der Waals surface area contributed by atoms with Crippen LogP contribution in [0.4, 0.5) is 22.7 Å². The van der Waals surface area contributed by atoms with Gasteiger partial charge in [0.05, 0.1) is 50.5 Å². The second-order valence-corrected chi connectivity index (χ2v) is 15.9. The number of hydrogen-bond donors (Lipinski definition) is 0. The summed E-state index contributed by atoms with van der Waals surface area (Å²) in [5.41, 5.74) is 13.6. The summed E-state index contributed by atoms with van der Waals surface area (Å²) in [6.45, 7) is 0. The summed E-state index contributed by atoms with van der Waals surface area (Å²) < 4.78 is 5.10. The number of rotatable bonds is 6. The summed E-state index contributed by atoms with van der Waals surface area (Å²) in [5, 5.41) is 10.3. The van der Waals surface area contributed by atoms with Gasteiger partial charge in [0.25, 0.3) is 0 Å². The highest BCUT2D eigenvalue weighted by atomic mass is 15.2. The molecule has 13 rings (SSSR count). The zero-order valence-corrected chi connectivity index (χ0v) is 31.9. The third-order valence-electron chi connectivity index (χ3n) is 12.8. The Labute approximate surface area is 335 Å². The summed E-state index contributed by atoms with van der Waals surface area (Å²) in [7, 11) is 0. The van der Waals surface area contributed by atoms with Gasteiger partial charge in [0.1, 0.15) is 0 Å². The van der Waals surface area contributed by atoms with Crippen LogP contribution in [0.5, 0.6) is 0 Å². The van der Waals surface area contributed by atoms with Crippen LogP contribution in [0, 0.1) is 0 Å². The van der Waals surface area contributed by atoms with E-state index in [9.17, 15) is 0 Å². The molecule has 4 heteroatoms. The Balaban J connectivity index is 1.12. The first-order valence-corrected chi connectivity index (χ1v) is 20.5.